The summed E-state index contributed by atoms with van der Waals surface area (Å²) in [7, 11) is 4.42. The second-order valence-corrected chi connectivity index (χ2v) is 4.59. The number of benzene rings is 1. The molecule has 0 atom stereocenters. The molecule has 1 aromatic heterocycles. The van der Waals surface area contributed by atoms with Crippen LogP contribution in [-0.4, -0.2) is 42.4 Å². The summed E-state index contributed by atoms with van der Waals surface area (Å²) in [6, 6.07) is 3.24. The van der Waals surface area contributed by atoms with Gasteiger partial charge in [0.2, 0.25) is 16.3 Å². The zero-order valence-electron chi connectivity index (χ0n) is 12.5. The predicted molar refractivity (Wildman–Crippen MR) is 81.5 cm³/mol. The summed E-state index contributed by atoms with van der Waals surface area (Å²) in [5.41, 5.74) is 0.544. The molecule has 0 saturated heterocycles. The Bertz CT molecular complexity index is 748. The molecule has 124 valence electrons. The summed E-state index contributed by atoms with van der Waals surface area (Å²) in [5, 5.41) is 9.63. The maximum absolute atomic E-state index is 12.8. The van der Waals surface area contributed by atoms with Gasteiger partial charge in [-0.1, -0.05) is 0 Å². The van der Waals surface area contributed by atoms with Crippen LogP contribution in [0.25, 0.3) is 0 Å². The third kappa shape index (κ3) is 3.47. The Labute approximate surface area is 135 Å². The number of H-pyrrole nitrogens is 1. The first-order chi connectivity index (χ1) is 11.0. The molecule has 0 radical (unpaired) electrons. The molecule has 2 rings (SSSR count). The van der Waals surface area contributed by atoms with Crippen molar-refractivity contribution in [1.29, 1.82) is 0 Å². The summed E-state index contributed by atoms with van der Waals surface area (Å²) < 4.78 is 42.1. The second kappa shape index (κ2) is 7.18. The first kappa shape index (κ1) is 16.9. The first-order valence-corrected chi connectivity index (χ1v) is 6.72. The van der Waals surface area contributed by atoms with E-state index < -0.39 is 12.2 Å². The van der Waals surface area contributed by atoms with Gasteiger partial charge in [-0.15, -0.1) is 0 Å². The minimum absolute atomic E-state index is 0.0380. The molecule has 0 amide bonds. The molecular weight excluding hydrogens is 330 g/mol. The summed E-state index contributed by atoms with van der Waals surface area (Å²) in [5.74, 6) is 0.676. The highest BCUT2D eigenvalue weighted by molar-refractivity contribution is 7.71. The van der Waals surface area contributed by atoms with Crippen molar-refractivity contribution in [3.63, 3.8) is 0 Å². The van der Waals surface area contributed by atoms with Crippen molar-refractivity contribution in [1.82, 2.24) is 14.9 Å². The third-order valence-electron chi connectivity index (χ3n) is 2.88. The van der Waals surface area contributed by atoms with Crippen LogP contribution in [0.5, 0.6) is 17.2 Å². The third-order valence-corrected chi connectivity index (χ3v) is 3.14. The van der Waals surface area contributed by atoms with Crippen LogP contribution in [0.3, 0.4) is 0 Å². The van der Waals surface area contributed by atoms with Gasteiger partial charge in [0.25, 0.3) is 6.43 Å². The topological polar surface area (TPSA) is 73.7 Å². The van der Waals surface area contributed by atoms with E-state index in [1.807, 2.05) is 0 Å². The first-order valence-electron chi connectivity index (χ1n) is 6.31. The molecule has 23 heavy (non-hydrogen) atoms. The Morgan fingerprint density at radius 2 is 1.83 bits per heavy atom. The molecular formula is C13H14F2N4O3S. The average Bonchev–Trinajstić information content (AvgIpc) is 2.92. The Morgan fingerprint density at radius 1 is 1.22 bits per heavy atom. The van der Waals surface area contributed by atoms with Gasteiger partial charge in [0.05, 0.1) is 27.5 Å². The van der Waals surface area contributed by atoms with Gasteiger partial charge >= 0.3 is 0 Å². The fraction of sp³-hybridized carbons (Fsp3) is 0.308. The van der Waals surface area contributed by atoms with Gasteiger partial charge in [0.1, 0.15) is 0 Å². The Balaban J connectivity index is 2.44. The van der Waals surface area contributed by atoms with E-state index in [4.69, 9.17) is 26.4 Å². The average molecular weight is 344 g/mol. The van der Waals surface area contributed by atoms with Gasteiger partial charge in [-0.25, -0.2) is 13.9 Å². The summed E-state index contributed by atoms with van der Waals surface area (Å²) in [6.45, 7) is 0. The molecule has 2 aromatic rings. The van der Waals surface area contributed by atoms with E-state index in [1.165, 1.54) is 27.5 Å². The normalized spacial score (nSPS) is 11.2. The van der Waals surface area contributed by atoms with Gasteiger partial charge in [0.15, 0.2) is 11.5 Å². The number of hydrogen-bond donors (Lipinski definition) is 1. The van der Waals surface area contributed by atoms with Crippen molar-refractivity contribution >= 4 is 18.4 Å². The molecule has 0 aliphatic rings. The number of ether oxygens (including phenoxy) is 3. The largest absolute Gasteiger partial charge is 0.493 e. The van der Waals surface area contributed by atoms with E-state index in [2.05, 4.69) is 15.3 Å². The van der Waals surface area contributed by atoms with Gasteiger partial charge in [-0.3, -0.25) is 0 Å². The molecule has 0 aliphatic carbocycles. The van der Waals surface area contributed by atoms with Gasteiger partial charge in [0, 0.05) is 5.56 Å². The summed E-state index contributed by atoms with van der Waals surface area (Å²) >= 11 is 4.87. The second-order valence-electron chi connectivity index (χ2n) is 4.20. The van der Waals surface area contributed by atoms with Crippen LogP contribution in [0.1, 0.15) is 17.8 Å². The Morgan fingerprint density at radius 3 is 2.30 bits per heavy atom. The lowest BCUT2D eigenvalue weighted by Crippen LogP contribution is -2.00. The van der Waals surface area contributed by atoms with Crippen LogP contribution in [0, 0.1) is 4.77 Å². The highest BCUT2D eigenvalue weighted by atomic mass is 32.1. The predicted octanol–water partition coefficient (Wildman–Crippen LogP) is 2.79. The standard InChI is InChI=1S/C13H14F2N4O3S/c1-20-8-4-7(5-9(21-2)10(8)22-3)6-16-19-12(11(14)15)17-18-13(19)23/h4-6,11H,1-3H3,(H,18,23)/b16-6+. The monoisotopic (exact) mass is 344 g/mol. The van der Waals surface area contributed by atoms with Crippen molar-refractivity contribution in [3.8, 4) is 17.2 Å². The molecule has 10 heteroatoms. The van der Waals surface area contributed by atoms with Gasteiger partial charge in [-0.2, -0.15) is 14.9 Å². The molecule has 0 fully saturated rings. The number of hydrogen-bond acceptors (Lipinski definition) is 6. The molecule has 0 saturated carbocycles. The van der Waals surface area contributed by atoms with Crippen molar-refractivity contribution in [2.75, 3.05) is 21.3 Å². The minimum atomic E-state index is -2.81. The van der Waals surface area contributed by atoms with Crippen molar-refractivity contribution in [3.05, 3.63) is 28.3 Å². The fourth-order valence-electron chi connectivity index (χ4n) is 1.86. The van der Waals surface area contributed by atoms with Gasteiger partial charge in [-0.05, 0) is 24.4 Å². The van der Waals surface area contributed by atoms with E-state index in [0.29, 0.717) is 22.8 Å². The molecule has 7 nitrogen and oxygen atoms in total. The number of aromatic nitrogens is 3. The highest BCUT2D eigenvalue weighted by Gasteiger charge is 2.16. The Hall–Kier alpha value is -2.49. The molecule has 1 N–H and O–H groups in total. The maximum Gasteiger partial charge on any atom is 0.299 e. The van der Waals surface area contributed by atoms with Crippen LogP contribution in [0.15, 0.2) is 17.2 Å². The van der Waals surface area contributed by atoms with Crippen molar-refractivity contribution in [2.45, 2.75) is 6.43 Å². The van der Waals surface area contributed by atoms with Crippen molar-refractivity contribution < 1.29 is 23.0 Å². The van der Waals surface area contributed by atoms with E-state index in [9.17, 15) is 8.78 Å². The Kier molecular flexibility index (Phi) is 5.27. The molecule has 1 aromatic carbocycles. The summed E-state index contributed by atoms with van der Waals surface area (Å²) in [6.07, 6.45) is -1.47. The van der Waals surface area contributed by atoms with E-state index in [-0.39, 0.29) is 4.77 Å². The van der Waals surface area contributed by atoms with Crippen LogP contribution in [0.4, 0.5) is 8.78 Å². The molecule has 0 bridgehead atoms. The van der Waals surface area contributed by atoms with Crippen LogP contribution in [0.2, 0.25) is 0 Å². The molecule has 1 heterocycles. The van der Waals surface area contributed by atoms with Gasteiger partial charge < -0.3 is 14.2 Å². The number of methoxy groups -OCH3 is 3. The highest BCUT2D eigenvalue weighted by Crippen LogP contribution is 2.37. The smallest absolute Gasteiger partial charge is 0.299 e. The molecule has 0 unspecified atom stereocenters. The molecule has 0 spiro atoms. The number of nitrogens with one attached hydrogen (secondary N) is 1. The lowest BCUT2D eigenvalue weighted by Gasteiger charge is -2.12. The number of rotatable bonds is 6. The number of aromatic amines is 1. The summed E-state index contributed by atoms with van der Waals surface area (Å²) in [4.78, 5) is 0. The minimum Gasteiger partial charge on any atom is -0.493 e. The molecule has 0 aliphatic heterocycles. The van der Waals surface area contributed by atoms with Crippen LogP contribution >= 0.6 is 12.2 Å². The maximum atomic E-state index is 12.8. The van der Waals surface area contributed by atoms with Crippen LogP contribution in [-0.2, 0) is 0 Å². The number of halogens is 2. The fourth-order valence-corrected chi connectivity index (χ4v) is 2.04. The lowest BCUT2D eigenvalue weighted by atomic mass is 10.2. The van der Waals surface area contributed by atoms with E-state index in [1.54, 1.807) is 12.1 Å². The van der Waals surface area contributed by atoms with Crippen LogP contribution < -0.4 is 14.2 Å². The zero-order valence-corrected chi connectivity index (χ0v) is 13.4. The zero-order chi connectivity index (χ0) is 17.0. The SMILES string of the molecule is COc1cc(/C=N/n2c(C(F)F)n[nH]c2=S)cc(OC)c1OC. The lowest BCUT2D eigenvalue weighted by molar-refractivity contribution is 0.136. The van der Waals surface area contributed by atoms with E-state index >= 15 is 0 Å². The van der Waals surface area contributed by atoms with E-state index in [0.717, 1.165) is 4.68 Å². The van der Waals surface area contributed by atoms with Crippen molar-refractivity contribution in [2.24, 2.45) is 5.10 Å². The number of nitrogens with zero attached hydrogens (tertiary/aromatic N) is 3. The quantitative estimate of drug-likeness (QED) is 0.644. The number of alkyl halides is 2.